The van der Waals surface area contributed by atoms with Gasteiger partial charge in [-0.3, -0.25) is 14.3 Å². The topological polar surface area (TPSA) is 89.0 Å². The van der Waals surface area contributed by atoms with Gasteiger partial charge >= 0.3 is 0 Å². The van der Waals surface area contributed by atoms with Crippen LogP contribution in [-0.4, -0.2) is 22.4 Å². The number of carbonyl (C=O) groups excluding carboxylic acids is 1. The van der Waals surface area contributed by atoms with Gasteiger partial charge in [-0.2, -0.15) is 5.26 Å². The number of carbonyl (C=O) groups is 1. The summed E-state index contributed by atoms with van der Waals surface area (Å²) in [6.07, 6.45) is 1.42. The van der Waals surface area contributed by atoms with E-state index in [2.05, 4.69) is 21.2 Å². The summed E-state index contributed by atoms with van der Waals surface area (Å²) in [6, 6.07) is 16.2. The molecule has 30 heavy (non-hydrogen) atoms. The summed E-state index contributed by atoms with van der Waals surface area (Å²) in [5.74, 6) is -0.161. The van der Waals surface area contributed by atoms with Gasteiger partial charge in [0, 0.05) is 17.1 Å². The average molecular weight is 467 g/mol. The summed E-state index contributed by atoms with van der Waals surface area (Å²) in [6.45, 7) is 1.73. The monoisotopic (exact) mass is 466 g/mol. The zero-order valence-electron chi connectivity index (χ0n) is 16.6. The molecule has 0 fully saturated rings. The van der Waals surface area contributed by atoms with Crippen molar-refractivity contribution in [1.82, 2.24) is 9.36 Å². The molecular weight excluding hydrogens is 448 g/mol. The molecule has 0 spiro atoms. The van der Waals surface area contributed by atoms with E-state index in [1.54, 1.807) is 49.0 Å². The average Bonchev–Trinajstić information content (AvgIpc) is 2.95. The fourth-order valence-electron chi connectivity index (χ4n) is 3.02. The van der Waals surface area contributed by atoms with E-state index < -0.39 is 5.91 Å². The van der Waals surface area contributed by atoms with E-state index in [1.165, 1.54) is 17.9 Å². The quantitative estimate of drug-likeness (QED) is 0.457. The lowest BCUT2D eigenvalue weighted by Gasteiger charge is -2.07. The Kier molecular flexibility index (Phi) is 6.23. The van der Waals surface area contributed by atoms with Gasteiger partial charge in [0.1, 0.15) is 23.1 Å². The van der Waals surface area contributed by atoms with E-state index in [-0.39, 0.29) is 16.8 Å². The minimum Gasteiger partial charge on any atom is -0.496 e. The van der Waals surface area contributed by atoms with Crippen molar-refractivity contribution in [3.63, 3.8) is 0 Å². The Morgan fingerprint density at radius 1 is 1.23 bits per heavy atom. The van der Waals surface area contributed by atoms with Gasteiger partial charge in [0.25, 0.3) is 11.5 Å². The molecule has 3 aromatic rings. The number of benzene rings is 2. The molecule has 0 aliphatic carbocycles. The predicted molar refractivity (Wildman–Crippen MR) is 119 cm³/mol. The maximum atomic E-state index is 13.0. The summed E-state index contributed by atoms with van der Waals surface area (Å²) in [5, 5.41) is 12.1. The molecule has 152 valence electrons. The van der Waals surface area contributed by atoms with Crippen LogP contribution < -0.4 is 15.6 Å². The Morgan fingerprint density at radius 3 is 2.57 bits per heavy atom. The number of nitriles is 1. The molecule has 0 saturated carbocycles. The molecule has 0 atom stereocenters. The Balaban J connectivity index is 1.99. The lowest BCUT2D eigenvalue weighted by Crippen LogP contribution is -2.23. The number of aromatic nitrogens is 2. The molecule has 0 aliphatic heterocycles. The van der Waals surface area contributed by atoms with E-state index in [1.807, 2.05) is 24.3 Å². The van der Waals surface area contributed by atoms with Crippen LogP contribution in [0.3, 0.4) is 0 Å². The van der Waals surface area contributed by atoms with Crippen molar-refractivity contribution < 1.29 is 9.53 Å². The lowest BCUT2D eigenvalue weighted by molar-refractivity contribution is -0.112. The van der Waals surface area contributed by atoms with Crippen molar-refractivity contribution in [1.29, 1.82) is 5.26 Å². The summed E-state index contributed by atoms with van der Waals surface area (Å²) in [7, 11) is 3.23. The SMILES string of the molecule is COc1ccc(Br)cc1/C=C(\C#N)C(=O)Nc1c(C)n(C)n(-c2ccccc2)c1=O. The Bertz CT molecular complexity index is 1230. The predicted octanol–water partition coefficient (Wildman–Crippen LogP) is 3.80. The zero-order valence-corrected chi connectivity index (χ0v) is 18.2. The number of anilines is 1. The van der Waals surface area contributed by atoms with E-state index in [0.29, 0.717) is 22.7 Å². The van der Waals surface area contributed by atoms with Gasteiger partial charge in [-0.05, 0) is 43.3 Å². The van der Waals surface area contributed by atoms with Crippen molar-refractivity contribution >= 4 is 33.6 Å². The number of methoxy groups -OCH3 is 1. The van der Waals surface area contributed by atoms with Crippen LogP contribution in [0.15, 0.2) is 63.4 Å². The number of amides is 1. The second-order valence-electron chi connectivity index (χ2n) is 6.45. The van der Waals surface area contributed by atoms with E-state index in [0.717, 1.165) is 4.47 Å². The molecule has 2 aromatic carbocycles. The second kappa shape index (κ2) is 8.84. The zero-order chi connectivity index (χ0) is 21.8. The first kappa shape index (κ1) is 21.1. The van der Waals surface area contributed by atoms with Crippen LogP contribution in [0.4, 0.5) is 5.69 Å². The van der Waals surface area contributed by atoms with Crippen molar-refractivity contribution in [3.8, 4) is 17.5 Å². The molecule has 0 saturated heterocycles. The smallest absolute Gasteiger partial charge is 0.295 e. The third kappa shape index (κ3) is 4.07. The van der Waals surface area contributed by atoms with Gasteiger partial charge in [-0.1, -0.05) is 34.1 Å². The number of nitrogens with one attached hydrogen (secondary N) is 1. The number of hydrogen-bond acceptors (Lipinski definition) is 4. The first-order valence-electron chi connectivity index (χ1n) is 8.98. The molecule has 0 aliphatic rings. The normalized spacial score (nSPS) is 11.1. The van der Waals surface area contributed by atoms with Gasteiger partial charge in [0.15, 0.2) is 0 Å². The minimum absolute atomic E-state index is 0.119. The third-order valence-corrected chi connectivity index (χ3v) is 5.14. The third-order valence-electron chi connectivity index (χ3n) is 4.65. The summed E-state index contributed by atoms with van der Waals surface area (Å²) in [5.41, 5.74) is 1.38. The Morgan fingerprint density at radius 2 is 1.93 bits per heavy atom. The molecule has 1 aromatic heterocycles. The van der Waals surface area contributed by atoms with Crippen molar-refractivity contribution in [2.45, 2.75) is 6.92 Å². The number of para-hydroxylation sites is 1. The van der Waals surface area contributed by atoms with Gasteiger partial charge in [-0.15, -0.1) is 0 Å². The molecule has 1 amide bonds. The molecule has 1 N–H and O–H groups in total. The fourth-order valence-corrected chi connectivity index (χ4v) is 3.39. The largest absolute Gasteiger partial charge is 0.496 e. The summed E-state index contributed by atoms with van der Waals surface area (Å²) >= 11 is 3.37. The highest BCUT2D eigenvalue weighted by atomic mass is 79.9. The van der Waals surface area contributed by atoms with Crippen LogP contribution in [0.2, 0.25) is 0 Å². The fraction of sp³-hybridized carbons (Fsp3) is 0.136. The maximum Gasteiger partial charge on any atom is 0.295 e. The van der Waals surface area contributed by atoms with Crippen LogP contribution >= 0.6 is 15.9 Å². The van der Waals surface area contributed by atoms with Gasteiger partial charge in [0.05, 0.1) is 18.5 Å². The number of nitrogens with zero attached hydrogens (tertiary/aromatic N) is 3. The summed E-state index contributed by atoms with van der Waals surface area (Å²) < 4.78 is 9.17. The van der Waals surface area contributed by atoms with E-state index >= 15 is 0 Å². The molecule has 7 nitrogen and oxygen atoms in total. The van der Waals surface area contributed by atoms with Gasteiger partial charge in [-0.25, -0.2) is 4.68 Å². The van der Waals surface area contributed by atoms with Gasteiger partial charge in [0.2, 0.25) is 0 Å². The molecule has 0 radical (unpaired) electrons. The molecular formula is C22H19BrN4O3. The maximum absolute atomic E-state index is 13.0. The molecule has 3 rings (SSSR count). The number of halogens is 1. The van der Waals surface area contributed by atoms with Crippen LogP contribution in [0.1, 0.15) is 11.3 Å². The lowest BCUT2D eigenvalue weighted by atomic mass is 10.1. The second-order valence-corrected chi connectivity index (χ2v) is 7.36. The number of hydrogen-bond donors (Lipinski definition) is 1. The summed E-state index contributed by atoms with van der Waals surface area (Å²) in [4.78, 5) is 25.7. The van der Waals surface area contributed by atoms with Gasteiger partial charge < -0.3 is 10.1 Å². The van der Waals surface area contributed by atoms with Crippen LogP contribution in [0, 0.1) is 18.3 Å². The van der Waals surface area contributed by atoms with E-state index in [9.17, 15) is 14.9 Å². The highest BCUT2D eigenvalue weighted by Crippen LogP contribution is 2.25. The van der Waals surface area contributed by atoms with Crippen molar-refractivity contribution in [3.05, 3.63) is 80.2 Å². The Hall–Kier alpha value is -3.57. The first-order chi connectivity index (χ1) is 14.4. The molecule has 1 heterocycles. The van der Waals surface area contributed by atoms with E-state index in [4.69, 9.17) is 4.74 Å². The van der Waals surface area contributed by atoms with Crippen molar-refractivity contribution in [2.75, 3.05) is 12.4 Å². The highest BCUT2D eigenvalue weighted by molar-refractivity contribution is 9.10. The molecule has 8 heteroatoms. The molecule has 0 unspecified atom stereocenters. The van der Waals surface area contributed by atoms with Crippen molar-refractivity contribution in [2.24, 2.45) is 7.05 Å². The Labute approximate surface area is 181 Å². The standard InChI is InChI=1S/C22H19BrN4O3/c1-14-20(22(29)27(26(14)2)18-7-5-4-6-8-18)25-21(28)16(13-24)11-15-12-17(23)9-10-19(15)30-3/h4-12H,1-3H3,(H,25,28)/b16-11+. The minimum atomic E-state index is -0.675. The number of rotatable bonds is 5. The van der Waals surface area contributed by atoms with Crippen LogP contribution in [-0.2, 0) is 11.8 Å². The highest BCUT2D eigenvalue weighted by Gasteiger charge is 2.20. The van der Waals surface area contributed by atoms with Crippen LogP contribution in [0.5, 0.6) is 5.75 Å². The van der Waals surface area contributed by atoms with Crippen LogP contribution in [0.25, 0.3) is 11.8 Å². The number of ether oxygens (including phenoxy) is 1. The first-order valence-corrected chi connectivity index (χ1v) is 9.77. The molecule has 0 bridgehead atoms.